The molecule has 6 heteroatoms. The van der Waals surface area contributed by atoms with E-state index in [4.69, 9.17) is 4.42 Å². The average molecular weight is 447 g/mol. The third-order valence-corrected chi connectivity index (χ3v) is 6.12. The van der Waals surface area contributed by atoms with Gasteiger partial charge in [0, 0.05) is 57.7 Å². The molecule has 1 aliphatic heterocycles. The second kappa shape index (κ2) is 12.3. The van der Waals surface area contributed by atoms with Crippen LogP contribution < -0.4 is 5.32 Å². The molecule has 1 amide bonds. The fourth-order valence-corrected chi connectivity index (χ4v) is 4.17. The van der Waals surface area contributed by atoms with Crippen LogP contribution in [-0.4, -0.2) is 60.0 Å². The van der Waals surface area contributed by atoms with E-state index in [1.165, 1.54) is 5.56 Å². The zero-order valence-electron chi connectivity index (χ0n) is 19.3. The molecule has 0 bridgehead atoms. The third kappa shape index (κ3) is 7.55. The number of aromatic nitrogens is 1. The lowest BCUT2D eigenvalue weighted by Crippen LogP contribution is -2.46. The molecular formula is C27H34N4O2. The number of carbonyl (C=O) groups is 1. The van der Waals surface area contributed by atoms with E-state index in [2.05, 4.69) is 50.4 Å². The highest BCUT2D eigenvalue weighted by Crippen LogP contribution is 2.20. The Morgan fingerprint density at radius 3 is 2.36 bits per heavy atom. The second-order valence-electron chi connectivity index (χ2n) is 8.64. The van der Waals surface area contributed by atoms with Gasteiger partial charge in [0.1, 0.15) is 0 Å². The van der Waals surface area contributed by atoms with Crippen LogP contribution in [0.3, 0.4) is 0 Å². The molecule has 6 nitrogen and oxygen atoms in total. The van der Waals surface area contributed by atoms with Gasteiger partial charge in [-0.25, -0.2) is 4.98 Å². The number of oxazole rings is 1. The number of rotatable bonds is 11. The summed E-state index contributed by atoms with van der Waals surface area (Å²) in [5.74, 6) is 1.41. The normalized spacial score (nSPS) is 14.9. The molecule has 33 heavy (non-hydrogen) atoms. The van der Waals surface area contributed by atoms with Gasteiger partial charge in [0.05, 0.1) is 6.20 Å². The summed E-state index contributed by atoms with van der Waals surface area (Å²) in [6.07, 6.45) is 4.76. The van der Waals surface area contributed by atoms with Gasteiger partial charge in [-0.1, -0.05) is 60.7 Å². The molecule has 0 atom stereocenters. The van der Waals surface area contributed by atoms with Crippen molar-refractivity contribution in [3.05, 3.63) is 78.3 Å². The van der Waals surface area contributed by atoms with Gasteiger partial charge in [-0.15, -0.1) is 0 Å². The summed E-state index contributed by atoms with van der Waals surface area (Å²) in [6, 6.07) is 20.6. The van der Waals surface area contributed by atoms with E-state index in [9.17, 15) is 4.79 Å². The molecule has 1 fully saturated rings. The summed E-state index contributed by atoms with van der Waals surface area (Å²) in [6.45, 7) is 7.38. The third-order valence-electron chi connectivity index (χ3n) is 6.12. The molecule has 1 N–H and O–H groups in total. The van der Waals surface area contributed by atoms with E-state index in [0.717, 1.165) is 70.0 Å². The summed E-state index contributed by atoms with van der Waals surface area (Å²) in [5, 5.41) is 3.03. The number of benzene rings is 2. The number of nitrogens with zero attached hydrogens (tertiary/aromatic N) is 3. The maximum absolute atomic E-state index is 12.1. The lowest BCUT2D eigenvalue weighted by atomic mass is 10.2. The quantitative estimate of drug-likeness (QED) is 0.451. The molecule has 0 unspecified atom stereocenters. The molecule has 0 spiro atoms. The minimum atomic E-state index is 0.0592. The van der Waals surface area contributed by atoms with Gasteiger partial charge in [0.25, 0.3) is 0 Å². The van der Waals surface area contributed by atoms with Gasteiger partial charge in [-0.3, -0.25) is 9.69 Å². The second-order valence-corrected chi connectivity index (χ2v) is 8.64. The van der Waals surface area contributed by atoms with Crippen LogP contribution in [0.4, 0.5) is 0 Å². The van der Waals surface area contributed by atoms with Crippen LogP contribution in [0.2, 0.25) is 0 Å². The number of hydrogen-bond acceptors (Lipinski definition) is 5. The molecule has 174 valence electrons. The molecular weight excluding hydrogens is 412 g/mol. The molecule has 3 aromatic rings. The molecule has 1 aromatic heterocycles. The standard InChI is InChI=1S/C27H34N4O2/c32-26(13-14-27-29-21-25(33-27)24-11-5-2-6-12-24)28-15-7-8-16-30-17-19-31(20-18-30)22-23-9-3-1-4-10-23/h1-6,9-12,21H,7-8,13-20,22H2,(H,28,32). The van der Waals surface area contributed by atoms with Crippen molar-refractivity contribution in [1.29, 1.82) is 0 Å². The molecule has 1 aliphatic rings. The first-order valence-corrected chi connectivity index (χ1v) is 12.0. The maximum atomic E-state index is 12.1. The van der Waals surface area contributed by atoms with Crippen molar-refractivity contribution in [3.8, 4) is 11.3 Å². The largest absolute Gasteiger partial charge is 0.441 e. The van der Waals surface area contributed by atoms with E-state index >= 15 is 0 Å². The molecule has 2 heterocycles. The van der Waals surface area contributed by atoms with Gasteiger partial charge in [0.15, 0.2) is 11.7 Å². The summed E-state index contributed by atoms with van der Waals surface area (Å²) in [7, 11) is 0. The van der Waals surface area contributed by atoms with Crippen LogP contribution in [-0.2, 0) is 17.8 Å². The van der Waals surface area contributed by atoms with Gasteiger partial charge in [0.2, 0.25) is 5.91 Å². The summed E-state index contributed by atoms with van der Waals surface area (Å²) < 4.78 is 5.77. The summed E-state index contributed by atoms with van der Waals surface area (Å²) in [5.41, 5.74) is 2.39. The number of carbonyl (C=O) groups excluding carboxylic acids is 1. The van der Waals surface area contributed by atoms with Crippen LogP contribution in [0.5, 0.6) is 0 Å². The van der Waals surface area contributed by atoms with Gasteiger partial charge >= 0.3 is 0 Å². The summed E-state index contributed by atoms with van der Waals surface area (Å²) in [4.78, 5) is 21.5. The number of hydrogen-bond donors (Lipinski definition) is 1. The lowest BCUT2D eigenvalue weighted by molar-refractivity contribution is -0.121. The first-order valence-electron chi connectivity index (χ1n) is 12.0. The fourth-order valence-electron chi connectivity index (χ4n) is 4.17. The van der Waals surface area contributed by atoms with E-state index in [0.29, 0.717) is 18.7 Å². The Labute approximate surface area is 196 Å². The smallest absolute Gasteiger partial charge is 0.220 e. The van der Waals surface area contributed by atoms with E-state index in [1.54, 1.807) is 6.20 Å². The predicted octanol–water partition coefficient (Wildman–Crippen LogP) is 3.99. The van der Waals surface area contributed by atoms with Crippen LogP contribution in [0.15, 0.2) is 71.3 Å². The van der Waals surface area contributed by atoms with Gasteiger partial charge < -0.3 is 14.6 Å². The molecule has 0 aliphatic carbocycles. The first-order chi connectivity index (χ1) is 16.3. The first kappa shape index (κ1) is 23.2. The van der Waals surface area contributed by atoms with E-state index in [1.807, 2.05) is 30.3 Å². The number of aryl methyl sites for hydroxylation is 1. The average Bonchev–Trinajstić information content (AvgIpc) is 3.34. The highest BCUT2D eigenvalue weighted by atomic mass is 16.4. The molecule has 4 rings (SSSR count). The Bertz CT molecular complexity index is 966. The zero-order chi connectivity index (χ0) is 22.7. The zero-order valence-corrected chi connectivity index (χ0v) is 19.3. The minimum absolute atomic E-state index is 0.0592. The van der Waals surface area contributed by atoms with Gasteiger partial charge in [-0.05, 0) is 24.9 Å². The van der Waals surface area contributed by atoms with Crippen molar-refractivity contribution in [1.82, 2.24) is 20.1 Å². The molecule has 0 saturated carbocycles. The Kier molecular flexibility index (Phi) is 8.67. The van der Waals surface area contributed by atoms with Crippen LogP contribution in [0, 0.1) is 0 Å². The Hall–Kier alpha value is -2.96. The number of unbranched alkanes of at least 4 members (excludes halogenated alkanes) is 1. The molecule has 1 saturated heterocycles. The van der Waals surface area contributed by atoms with Gasteiger partial charge in [-0.2, -0.15) is 0 Å². The van der Waals surface area contributed by atoms with E-state index in [-0.39, 0.29) is 5.91 Å². The highest BCUT2D eigenvalue weighted by Gasteiger charge is 2.16. The van der Waals surface area contributed by atoms with Crippen molar-refractivity contribution in [2.24, 2.45) is 0 Å². The number of piperazine rings is 1. The molecule has 0 radical (unpaired) electrons. The van der Waals surface area contributed by atoms with Crippen molar-refractivity contribution in [3.63, 3.8) is 0 Å². The van der Waals surface area contributed by atoms with Crippen molar-refractivity contribution in [2.45, 2.75) is 32.2 Å². The summed E-state index contributed by atoms with van der Waals surface area (Å²) >= 11 is 0. The number of amides is 1. The number of nitrogens with one attached hydrogen (secondary N) is 1. The highest BCUT2D eigenvalue weighted by molar-refractivity contribution is 5.76. The lowest BCUT2D eigenvalue weighted by Gasteiger charge is -2.34. The Balaban J connectivity index is 1.04. The van der Waals surface area contributed by atoms with Crippen LogP contribution >= 0.6 is 0 Å². The Morgan fingerprint density at radius 1 is 0.909 bits per heavy atom. The minimum Gasteiger partial charge on any atom is -0.441 e. The Morgan fingerprint density at radius 2 is 1.61 bits per heavy atom. The van der Waals surface area contributed by atoms with Crippen LogP contribution in [0.25, 0.3) is 11.3 Å². The van der Waals surface area contributed by atoms with Crippen molar-refractivity contribution >= 4 is 5.91 Å². The fraction of sp³-hybridized carbons (Fsp3) is 0.407. The van der Waals surface area contributed by atoms with Crippen molar-refractivity contribution in [2.75, 3.05) is 39.3 Å². The van der Waals surface area contributed by atoms with Crippen molar-refractivity contribution < 1.29 is 9.21 Å². The maximum Gasteiger partial charge on any atom is 0.220 e. The topological polar surface area (TPSA) is 61.6 Å². The molecule has 2 aromatic carbocycles. The van der Waals surface area contributed by atoms with Crippen LogP contribution in [0.1, 0.15) is 30.7 Å². The van der Waals surface area contributed by atoms with E-state index < -0.39 is 0 Å². The SMILES string of the molecule is O=C(CCc1ncc(-c2ccccc2)o1)NCCCCN1CCN(Cc2ccccc2)CC1. The monoisotopic (exact) mass is 446 g/mol. The predicted molar refractivity (Wildman–Crippen MR) is 131 cm³/mol.